The Bertz CT molecular complexity index is 436. The number of hydrogen-bond acceptors (Lipinski definition) is 3. The van der Waals surface area contributed by atoms with Crippen molar-refractivity contribution in [2.24, 2.45) is 0 Å². The fourth-order valence-corrected chi connectivity index (χ4v) is 1.83. The number of amides is 2. The van der Waals surface area contributed by atoms with Crippen molar-refractivity contribution in [1.29, 1.82) is 0 Å². The number of carboxylic acid groups (broad SMARTS) is 1. The number of urea groups is 1. The van der Waals surface area contributed by atoms with Crippen molar-refractivity contribution in [2.75, 3.05) is 6.61 Å². The lowest BCUT2D eigenvalue weighted by Gasteiger charge is -2.18. The molecule has 0 radical (unpaired) electrons. The van der Waals surface area contributed by atoms with E-state index in [-0.39, 0.29) is 19.1 Å². The molecule has 0 aliphatic rings. The smallest absolute Gasteiger partial charge is 0.326 e. The zero-order chi connectivity index (χ0) is 15.0. The number of benzene rings is 1. The fraction of sp³-hybridized carbons (Fsp3) is 0.429. The van der Waals surface area contributed by atoms with Gasteiger partial charge in [-0.15, -0.1) is 0 Å². The Morgan fingerprint density at radius 3 is 2.40 bits per heavy atom. The van der Waals surface area contributed by atoms with Crippen molar-refractivity contribution in [3.8, 4) is 0 Å². The van der Waals surface area contributed by atoms with Gasteiger partial charge in [0.15, 0.2) is 0 Å². The van der Waals surface area contributed by atoms with E-state index >= 15 is 0 Å². The van der Waals surface area contributed by atoms with Gasteiger partial charge in [0.25, 0.3) is 0 Å². The minimum absolute atomic E-state index is 0.0180. The Labute approximate surface area is 117 Å². The Morgan fingerprint density at radius 1 is 1.20 bits per heavy atom. The van der Waals surface area contributed by atoms with Gasteiger partial charge in [-0.1, -0.05) is 30.3 Å². The average Bonchev–Trinajstić information content (AvgIpc) is 2.38. The third-order valence-corrected chi connectivity index (χ3v) is 2.78. The first-order valence-corrected chi connectivity index (χ1v) is 6.47. The molecule has 0 saturated heterocycles. The van der Waals surface area contributed by atoms with Crippen LogP contribution in [0.3, 0.4) is 0 Å². The SMILES string of the molecule is CC(Cc1ccccc1)NC(=O)N[C@@H](CCO)C(=O)O. The van der Waals surface area contributed by atoms with Crippen LogP contribution in [0, 0.1) is 0 Å². The highest BCUT2D eigenvalue weighted by atomic mass is 16.4. The highest BCUT2D eigenvalue weighted by Gasteiger charge is 2.19. The maximum atomic E-state index is 11.7. The lowest BCUT2D eigenvalue weighted by Crippen LogP contribution is -2.49. The first kappa shape index (κ1) is 16.0. The third-order valence-electron chi connectivity index (χ3n) is 2.78. The summed E-state index contributed by atoms with van der Waals surface area (Å²) in [6.45, 7) is 1.55. The number of aliphatic hydroxyl groups is 1. The molecule has 110 valence electrons. The summed E-state index contributed by atoms with van der Waals surface area (Å²) in [6.07, 6.45) is 0.641. The molecule has 0 aromatic heterocycles. The topological polar surface area (TPSA) is 98.7 Å². The lowest BCUT2D eigenvalue weighted by atomic mass is 10.1. The summed E-state index contributed by atoms with van der Waals surface area (Å²) in [5.74, 6) is -1.16. The molecule has 0 bridgehead atoms. The van der Waals surface area contributed by atoms with E-state index in [1.54, 1.807) is 0 Å². The molecule has 1 unspecified atom stereocenters. The lowest BCUT2D eigenvalue weighted by molar-refractivity contribution is -0.139. The van der Waals surface area contributed by atoms with Gasteiger partial charge in [-0.2, -0.15) is 0 Å². The second-order valence-electron chi connectivity index (χ2n) is 4.61. The number of aliphatic carboxylic acids is 1. The van der Waals surface area contributed by atoms with Crippen LogP contribution in [0.1, 0.15) is 18.9 Å². The van der Waals surface area contributed by atoms with Crippen LogP contribution < -0.4 is 10.6 Å². The molecule has 4 N–H and O–H groups in total. The molecule has 1 aromatic carbocycles. The van der Waals surface area contributed by atoms with Crippen LogP contribution in [-0.2, 0) is 11.2 Å². The van der Waals surface area contributed by atoms with E-state index in [0.717, 1.165) is 5.56 Å². The molecule has 0 saturated carbocycles. The number of nitrogens with one attached hydrogen (secondary N) is 2. The van der Waals surface area contributed by atoms with Crippen molar-refractivity contribution < 1.29 is 19.8 Å². The fourth-order valence-electron chi connectivity index (χ4n) is 1.83. The molecular weight excluding hydrogens is 260 g/mol. The van der Waals surface area contributed by atoms with E-state index in [9.17, 15) is 9.59 Å². The Kier molecular flexibility index (Phi) is 6.52. The van der Waals surface area contributed by atoms with Gasteiger partial charge >= 0.3 is 12.0 Å². The standard InChI is InChI=1S/C14H20N2O4/c1-10(9-11-5-3-2-4-6-11)15-14(20)16-12(7-8-17)13(18)19/h2-6,10,12,17H,7-9H2,1H3,(H,18,19)(H2,15,16,20)/t10?,12-/m0/s1. The number of carbonyl (C=O) groups excluding carboxylic acids is 1. The van der Waals surface area contributed by atoms with Crippen molar-refractivity contribution in [3.05, 3.63) is 35.9 Å². The van der Waals surface area contributed by atoms with Gasteiger partial charge < -0.3 is 20.8 Å². The van der Waals surface area contributed by atoms with Crippen LogP contribution in [0.15, 0.2) is 30.3 Å². The van der Waals surface area contributed by atoms with Gasteiger partial charge in [0, 0.05) is 19.1 Å². The summed E-state index contributed by atoms with van der Waals surface area (Å²) < 4.78 is 0. The second kappa shape index (κ2) is 8.16. The van der Waals surface area contributed by atoms with E-state index in [1.807, 2.05) is 37.3 Å². The van der Waals surface area contributed by atoms with Crippen LogP contribution in [0.25, 0.3) is 0 Å². The average molecular weight is 280 g/mol. The minimum atomic E-state index is -1.16. The predicted molar refractivity (Wildman–Crippen MR) is 74.4 cm³/mol. The molecule has 6 nitrogen and oxygen atoms in total. The van der Waals surface area contributed by atoms with Gasteiger partial charge in [-0.25, -0.2) is 9.59 Å². The molecule has 0 aliphatic heterocycles. The van der Waals surface area contributed by atoms with Crippen LogP contribution in [0.5, 0.6) is 0 Å². The first-order valence-electron chi connectivity index (χ1n) is 6.47. The van der Waals surface area contributed by atoms with Gasteiger partial charge in [0.1, 0.15) is 6.04 Å². The molecule has 0 spiro atoms. The van der Waals surface area contributed by atoms with E-state index in [0.29, 0.717) is 6.42 Å². The molecule has 0 heterocycles. The quantitative estimate of drug-likeness (QED) is 0.592. The minimum Gasteiger partial charge on any atom is -0.480 e. The summed E-state index contributed by atoms with van der Waals surface area (Å²) in [5.41, 5.74) is 1.09. The number of aliphatic hydroxyl groups excluding tert-OH is 1. The van der Waals surface area contributed by atoms with E-state index in [2.05, 4.69) is 10.6 Å². The van der Waals surface area contributed by atoms with Crippen molar-refractivity contribution in [1.82, 2.24) is 10.6 Å². The zero-order valence-electron chi connectivity index (χ0n) is 11.4. The van der Waals surface area contributed by atoms with Gasteiger partial charge in [0.2, 0.25) is 0 Å². The van der Waals surface area contributed by atoms with Crippen molar-refractivity contribution in [3.63, 3.8) is 0 Å². The van der Waals surface area contributed by atoms with E-state index in [4.69, 9.17) is 10.2 Å². The Morgan fingerprint density at radius 2 is 1.85 bits per heavy atom. The van der Waals surface area contributed by atoms with Crippen molar-refractivity contribution >= 4 is 12.0 Å². The van der Waals surface area contributed by atoms with Crippen LogP contribution in [0.2, 0.25) is 0 Å². The molecule has 0 fully saturated rings. The van der Waals surface area contributed by atoms with Crippen LogP contribution >= 0.6 is 0 Å². The van der Waals surface area contributed by atoms with Gasteiger partial charge in [0.05, 0.1) is 0 Å². The summed E-state index contributed by atoms with van der Waals surface area (Å²) in [7, 11) is 0. The van der Waals surface area contributed by atoms with Gasteiger partial charge in [-0.05, 0) is 18.9 Å². The summed E-state index contributed by atoms with van der Waals surface area (Å²) in [4.78, 5) is 22.5. The van der Waals surface area contributed by atoms with E-state index < -0.39 is 18.0 Å². The Hall–Kier alpha value is -2.08. The molecular formula is C14H20N2O4. The molecule has 2 atom stereocenters. The summed E-state index contributed by atoms with van der Waals surface area (Å²) >= 11 is 0. The zero-order valence-corrected chi connectivity index (χ0v) is 11.4. The normalized spacial score (nSPS) is 13.3. The van der Waals surface area contributed by atoms with Crippen molar-refractivity contribution in [2.45, 2.75) is 31.8 Å². The number of carbonyl (C=O) groups is 2. The molecule has 1 rings (SSSR count). The largest absolute Gasteiger partial charge is 0.480 e. The van der Waals surface area contributed by atoms with Crippen LogP contribution in [-0.4, -0.2) is 40.9 Å². The molecule has 2 amide bonds. The monoisotopic (exact) mass is 280 g/mol. The highest BCUT2D eigenvalue weighted by molar-refractivity contribution is 5.82. The number of hydrogen-bond donors (Lipinski definition) is 4. The highest BCUT2D eigenvalue weighted by Crippen LogP contribution is 2.02. The molecule has 20 heavy (non-hydrogen) atoms. The third kappa shape index (κ3) is 5.71. The van der Waals surface area contributed by atoms with Crippen LogP contribution in [0.4, 0.5) is 4.79 Å². The molecule has 1 aromatic rings. The summed E-state index contributed by atoms with van der Waals surface area (Å²) in [5, 5.41) is 22.6. The van der Waals surface area contributed by atoms with Gasteiger partial charge in [-0.3, -0.25) is 0 Å². The van der Waals surface area contributed by atoms with E-state index in [1.165, 1.54) is 0 Å². The summed E-state index contributed by atoms with van der Waals surface area (Å²) in [6, 6.07) is 7.93. The first-order chi connectivity index (χ1) is 9.52. The Balaban J connectivity index is 2.43. The number of carboxylic acids is 1. The number of rotatable bonds is 7. The maximum Gasteiger partial charge on any atom is 0.326 e. The predicted octanol–water partition coefficient (Wildman–Crippen LogP) is 0.752. The molecule has 0 aliphatic carbocycles. The maximum absolute atomic E-state index is 11.7. The second-order valence-corrected chi connectivity index (χ2v) is 4.61. The molecule has 6 heteroatoms.